The normalized spacial score (nSPS) is 11.2. The summed E-state index contributed by atoms with van der Waals surface area (Å²) in [6.45, 7) is 5.37. The number of ether oxygens (including phenoxy) is 1. The number of nitrogen functional groups attached to an aromatic ring is 1. The minimum absolute atomic E-state index is 0.138. The first-order valence-corrected chi connectivity index (χ1v) is 5.24. The molecule has 4 nitrogen and oxygen atoms in total. The second-order valence-corrected chi connectivity index (χ2v) is 4.89. The van der Waals surface area contributed by atoms with Crippen molar-refractivity contribution in [1.29, 1.82) is 0 Å². The van der Waals surface area contributed by atoms with Gasteiger partial charge in [0.1, 0.15) is 10.2 Å². The quantitative estimate of drug-likeness (QED) is 0.630. The number of hydrogen-bond donors (Lipinski definition) is 1. The summed E-state index contributed by atoms with van der Waals surface area (Å²) in [5.74, 6) is -0.513. The van der Waals surface area contributed by atoms with Crippen molar-refractivity contribution in [1.82, 2.24) is 4.98 Å². The van der Waals surface area contributed by atoms with E-state index in [1.165, 1.54) is 0 Å². The molecule has 0 atom stereocenters. The van der Waals surface area contributed by atoms with Gasteiger partial charge in [0.05, 0.1) is 5.69 Å². The van der Waals surface area contributed by atoms with Gasteiger partial charge in [-0.2, -0.15) is 0 Å². The van der Waals surface area contributed by atoms with Crippen LogP contribution in [0.2, 0.25) is 0 Å². The summed E-state index contributed by atoms with van der Waals surface area (Å²) < 4.78 is 5.71. The van der Waals surface area contributed by atoms with E-state index >= 15 is 0 Å². The van der Waals surface area contributed by atoms with Crippen LogP contribution in [0.4, 0.5) is 5.69 Å². The number of carbonyl (C=O) groups excluding carboxylic acids is 1. The minimum atomic E-state index is -0.548. The third-order valence-electron chi connectivity index (χ3n) is 1.48. The van der Waals surface area contributed by atoms with Crippen LogP contribution in [-0.4, -0.2) is 16.6 Å². The lowest BCUT2D eigenvalue weighted by Gasteiger charge is -2.19. The van der Waals surface area contributed by atoms with Crippen LogP contribution in [0.5, 0.6) is 0 Å². The van der Waals surface area contributed by atoms with E-state index in [2.05, 4.69) is 20.9 Å². The number of hydrogen-bond acceptors (Lipinski definition) is 4. The number of halogens is 1. The highest BCUT2D eigenvalue weighted by Gasteiger charge is 2.20. The summed E-state index contributed by atoms with van der Waals surface area (Å²) >= 11 is 3.17. The lowest BCUT2D eigenvalue weighted by Crippen LogP contribution is -2.25. The molecule has 82 valence electrons. The van der Waals surface area contributed by atoms with E-state index in [1.807, 2.05) is 0 Å². The zero-order valence-electron chi connectivity index (χ0n) is 8.87. The molecule has 0 saturated carbocycles. The van der Waals surface area contributed by atoms with E-state index in [0.29, 0.717) is 10.3 Å². The first kappa shape index (κ1) is 12.0. The summed E-state index contributed by atoms with van der Waals surface area (Å²) in [5, 5.41) is 0. The van der Waals surface area contributed by atoms with E-state index in [-0.39, 0.29) is 5.69 Å². The Morgan fingerprint density at radius 3 is 2.60 bits per heavy atom. The fourth-order valence-electron chi connectivity index (χ4n) is 0.936. The Morgan fingerprint density at radius 2 is 2.07 bits per heavy atom. The van der Waals surface area contributed by atoms with Gasteiger partial charge in [-0.1, -0.05) is 0 Å². The first-order chi connectivity index (χ1) is 6.79. The van der Waals surface area contributed by atoms with Gasteiger partial charge in [-0.25, -0.2) is 9.78 Å². The van der Waals surface area contributed by atoms with Crippen molar-refractivity contribution < 1.29 is 9.53 Å². The van der Waals surface area contributed by atoms with Crippen molar-refractivity contribution in [3.63, 3.8) is 0 Å². The average molecular weight is 273 g/mol. The van der Waals surface area contributed by atoms with Crippen LogP contribution >= 0.6 is 15.9 Å². The molecule has 0 aliphatic rings. The predicted molar refractivity (Wildman–Crippen MR) is 61.5 cm³/mol. The lowest BCUT2D eigenvalue weighted by molar-refractivity contribution is 0.00640. The average Bonchev–Trinajstić information content (AvgIpc) is 2.06. The van der Waals surface area contributed by atoms with Crippen molar-refractivity contribution in [2.75, 3.05) is 5.73 Å². The molecule has 2 N–H and O–H groups in total. The van der Waals surface area contributed by atoms with Gasteiger partial charge >= 0.3 is 5.97 Å². The number of anilines is 1. The van der Waals surface area contributed by atoms with Gasteiger partial charge in [0, 0.05) is 0 Å². The van der Waals surface area contributed by atoms with Crippen molar-refractivity contribution in [3.05, 3.63) is 22.4 Å². The molecule has 1 rings (SSSR count). The molecular weight excluding hydrogens is 260 g/mol. The molecule has 0 spiro atoms. The highest BCUT2D eigenvalue weighted by atomic mass is 79.9. The zero-order valence-corrected chi connectivity index (χ0v) is 10.5. The summed E-state index contributed by atoms with van der Waals surface area (Å²) in [6, 6.07) is 3.28. The Labute approximate surface area is 97.0 Å². The largest absolute Gasteiger partial charge is 0.455 e. The van der Waals surface area contributed by atoms with Crippen LogP contribution in [-0.2, 0) is 4.74 Å². The molecule has 1 aromatic rings. The number of nitrogens with zero attached hydrogens (tertiary/aromatic N) is 1. The monoisotopic (exact) mass is 272 g/mol. The smallest absolute Gasteiger partial charge is 0.359 e. The van der Waals surface area contributed by atoms with Gasteiger partial charge < -0.3 is 10.5 Å². The topological polar surface area (TPSA) is 65.2 Å². The van der Waals surface area contributed by atoms with E-state index in [4.69, 9.17) is 10.5 Å². The van der Waals surface area contributed by atoms with Crippen LogP contribution in [0, 0.1) is 0 Å². The molecule has 0 unspecified atom stereocenters. The van der Waals surface area contributed by atoms with Crippen molar-refractivity contribution in [2.24, 2.45) is 0 Å². The van der Waals surface area contributed by atoms with Crippen molar-refractivity contribution in [3.8, 4) is 0 Å². The third kappa shape index (κ3) is 3.51. The van der Waals surface area contributed by atoms with Gasteiger partial charge in [0.25, 0.3) is 0 Å². The molecule has 1 heterocycles. The molecule has 0 aliphatic heterocycles. The number of pyridine rings is 1. The highest BCUT2D eigenvalue weighted by molar-refractivity contribution is 9.10. The number of rotatable bonds is 1. The molecule has 0 amide bonds. The molecule has 0 saturated heterocycles. The summed E-state index contributed by atoms with van der Waals surface area (Å²) in [7, 11) is 0. The highest BCUT2D eigenvalue weighted by Crippen LogP contribution is 2.17. The maximum absolute atomic E-state index is 11.6. The van der Waals surface area contributed by atoms with E-state index in [0.717, 1.165) is 0 Å². The zero-order chi connectivity index (χ0) is 11.6. The molecule has 1 aromatic heterocycles. The molecule has 0 fully saturated rings. The first-order valence-electron chi connectivity index (χ1n) is 4.45. The Balaban J connectivity index is 2.96. The van der Waals surface area contributed by atoms with Crippen LogP contribution in [0.1, 0.15) is 31.3 Å². The lowest BCUT2D eigenvalue weighted by atomic mass is 10.2. The maximum Gasteiger partial charge on any atom is 0.359 e. The van der Waals surface area contributed by atoms with Crippen LogP contribution in [0.25, 0.3) is 0 Å². The molecule has 0 radical (unpaired) electrons. The SMILES string of the molecule is CC(C)(C)OC(=O)c1nc(Br)ccc1N. The van der Waals surface area contributed by atoms with E-state index in [9.17, 15) is 4.79 Å². The second kappa shape index (κ2) is 4.18. The van der Waals surface area contributed by atoms with Crippen LogP contribution < -0.4 is 5.73 Å². The van der Waals surface area contributed by atoms with Gasteiger partial charge in [0.2, 0.25) is 0 Å². The molecule has 0 aliphatic carbocycles. The molecular formula is C10H13BrN2O2. The fraction of sp³-hybridized carbons (Fsp3) is 0.400. The predicted octanol–water partition coefficient (Wildman–Crippen LogP) is 2.38. The molecule has 0 aromatic carbocycles. The second-order valence-electron chi connectivity index (χ2n) is 4.07. The standard InChI is InChI=1S/C10H13BrN2O2/c1-10(2,3)15-9(14)8-6(12)4-5-7(11)13-8/h4-5H,12H2,1-3H3. The number of aromatic nitrogens is 1. The Bertz CT molecular complexity index is 385. The van der Waals surface area contributed by atoms with Gasteiger partial charge in [-0.05, 0) is 48.8 Å². The number of esters is 1. The Kier molecular flexibility index (Phi) is 3.34. The van der Waals surface area contributed by atoms with Crippen LogP contribution in [0.3, 0.4) is 0 Å². The van der Waals surface area contributed by atoms with Gasteiger partial charge in [-0.3, -0.25) is 0 Å². The minimum Gasteiger partial charge on any atom is -0.455 e. The maximum atomic E-state index is 11.6. The van der Waals surface area contributed by atoms with E-state index < -0.39 is 11.6 Å². The summed E-state index contributed by atoms with van der Waals surface area (Å²) in [6.07, 6.45) is 0. The fourth-order valence-corrected chi connectivity index (χ4v) is 1.25. The third-order valence-corrected chi connectivity index (χ3v) is 1.93. The van der Waals surface area contributed by atoms with Crippen LogP contribution in [0.15, 0.2) is 16.7 Å². The summed E-state index contributed by atoms with van der Waals surface area (Å²) in [4.78, 5) is 15.6. The molecule has 0 bridgehead atoms. The number of carbonyl (C=O) groups is 1. The summed E-state index contributed by atoms with van der Waals surface area (Å²) in [5.41, 5.74) is 5.53. The Hall–Kier alpha value is -1.10. The van der Waals surface area contributed by atoms with E-state index in [1.54, 1.807) is 32.9 Å². The van der Waals surface area contributed by atoms with Gasteiger partial charge in [0.15, 0.2) is 5.69 Å². The molecule has 5 heteroatoms. The molecule has 15 heavy (non-hydrogen) atoms. The van der Waals surface area contributed by atoms with Gasteiger partial charge in [-0.15, -0.1) is 0 Å². The Morgan fingerprint density at radius 1 is 1.47 bits per heavy atom. The number of nitrogens with two attached hydrogens (primary N) is 1. The van der Waals surface area contributed by atoms with Crippen molar-refractivity contribution in [2.45, 2.75) is 26.4 Å². The van der Waals surface area contributed by atoms with Crippen molar-refractivity contribution >= 4 is 27.6 Å².